The molecule has 1 aliphatic heterocycles. The minimum atomic E-state index is -0.261. The average molecular weight is 508 g/mol. The fraction of sp³-hybridized carbons (Fsp3) is 0.958. The Balaban J connectivity index is 1.78. The first-order chi connectivity index (χ1) is 13.6. The molecule has 0 spiro atoms. The first-order valence-electron chi connectivity index (χ1n) is 12.2. The van der Waals surface area contributed by atoms with Crippen LogP contribution in [-0.2, 0) is 4.79 Å². The maximum absolute atomic E-state index is 12.0. The van der Waals surface area contributed by atoms with Crippen LogP contribution in [0.1, 0.15) is 122 Å². The molecule has 0 radical (unpaired) electrons. The number of rotatable bonds is 19. The number of carbonyl (C=O) groups is 1. The summed E-state index contributed by atoms with van der Waals surface area (Å²) in [6.45, 7) is 4.21. The Morgan fingerprint density at radius 2 is 1.29 bits per heavy atom. The average Bonchev–Trinajstić information content (AvgIpc) is 2.99. The second-order valence-corrected chi connectivity index (χ2v) is 10.6. The summed E-state index contributed by atoms with van der Waals surface area (Å²) < 4.78 is 0.574. The van der Waals surface area contributed by atoms with Gasteiger partial charge in [-0.05, 0) is 25.7 Å². The Morgan fingerprint density at radius 3 is 1.75 bits per heavy atom. The van der Waals surface area contributed by atoms with E-state index in [0.717, 1.165) is 51.6 Å². The van der Waals surface area contributed by atoms with E-state index in [-0.39, 0.29) is 6.23 Å². The van der Waals surface area contributed by atoms with Crippen molar-refractivity contribution in [2.75, 3.05) is 13.1 Å². The molecule has 0 saturated carbocycles. The van der Waals surface area contributed by atoms with Crippen LogP contribution in [-0.4, -0.2) is 39.0 Å². The maximum atomic E-state index is 12.0. The molecule has 0 bridgehead atoms. The fourth-order valence-electron chi connectivity index (χ4n) is 4.17. The van der Waals surface area contributed by atoms with Gasteiger partial charge in [0.25, 0.3) is 0 Å². The lowest BCUT2D eigenvalue weighted by Gasteiger charge is -2.19. The second-order valence-electron chi connectivity index (χ2n) is 8.80. The van der Waals surface area contributed by atoms with Crippen molar-refractivity contribution in [1.29, 1.82) is 0 Å². The molecule has 1 N–H and O–H groups in total. The van der Waals surface area contributed by atoms with Crippen LogP contribution in [0.25, 0.3) is 0 Å². The van der Waals surface area contributed by atoms with Crippen molar-refractivity contribution in [2.24, 2.45) is 0 Å². The number of halogens is 1. The first-order valence-corrected chi connectivity index (χ1v) is 13.5. The van der Waals surface area contributed by atoms with Crippen LogP contribution in [0.5, 0.6) is 0 Å². The molecule has 3 nitrogen and oxygen atoms in total. The van der Waals surface area contributed by atoms with Crippen LogP contribution in [0.3, 0.4) is 0 Å². The van der Waals surface area contributed by atoms with Crippen LogP contribution < -0.4 is 0 Å². The fourth-order valence-corrected chi connectivity index (χ4v) is 5.13. The molecule has 1 saturated heterocycles. The predicted octanol–water partition coefficient (Wildman–Crippen LogP) is 7.03. The molecule has 166 valence electrons. The predicted molar refractivity (Wildman–Crippen MR) is 129 cm³/mol. The van der Waals surface area contributed by atoms with Crippen molar-refractivity contribution >= 4 is 28.4 Å². The molecule has 0 aromatic rings. The number of Topliss-reactive ketones (excluding diaryl/α,β-unsaturated/α-hetero) is 1. The van der Waals surface area contributed by atoms with Gasteiger partial charge in [0.2, 0.25) is 0 Å². The van der Waals surface area contributed by atoms with E-state index in [1.54, 1.807) is 0 Å². The lowest BCUT2D eigenvalue weighted by atomic mass is 10.0. The number of hydrogen-bond donors (Lipinski definition) is 1. The largest absolute Gasteiger partial charge is 0.378 e. The molecule has 1 fully saturated rings. The van der Waals surface area contributed by atoms with Crippen molar-refractivity contribution in [3.63, 3.8) is 0 Å². The number of alkyl halides is 1. The standard InChI is InChI=1S/C24H46INO2/c1-2-3-4-5-6-7-8-9-10-11-12-13-14-17-23(27)18-15-16-19-26-21-22(25)20-24(26)28/h22,24,28H,2-21H2,1H3. The summed E-state index contributed by atoms with van der Waals surface area (Å²) in [7, 11) is 0. The highest BCUT2D eigenvalue weighted by Gasteiger charge is 2.27. The molecule has 1 heterocycles. The monoisotopic (exact) mass is 507 g/mol. The third kappa shape index (κ3) is 14.3. The van der Waals surface area contributed by atoms with E-state index >= 15 is 0 Å². The summed E-state index contributed by atoms with van der Waals surface area (Å²) in [4.78, 5) is 14.2. The van der Waals surface area contributed by atoms with Gasteiger partial charge < -0.3 is 5.11 Å². The van der Waals surface area contributed by atoms with E-state index < -0.39 is 0 Å². The third-order valence-electron chi connectivity index (χ3n) is 6.03. The topological polar surface area (TPSA) is 40.5 Å². The molecule has 1 aliphatic rings. The minimum Gasteiger partial charge on any atom is -0.378 e. The summed E-state index contributed by atoms with van der Waals surface area (Å²) in [6, 6.07) is 0. The summed E-state index contributed by atoms with van der Waals surface area (Å²) in [6.07, 6.45) is 21.8. The number of nitrogens with zero attached hydrogens (tertiary/aromatic N) is 1. The Labute approximate surface area is 188 Å². The van der Waals surface area contributed by atoms with Gasteiger partial charge in [-0.2, -0.15) is 0 Å². The molecule has 0 aromatic carbocycles. The Kier molecular flexibility index (Phi) is 17.1. The van der Waals surface area contributed by atoms with Crippen molar-refractivity contribution in [1.82, 2.24) is 4.90 Å². The molecule has 0 aliphatic carbocycles. The lowest BCUT2D eigenvalue weighted by molar-refractivity contribution is -0.119. The molecule has 1 rings (SSSR count). The van der Waals surface area contributed by atoms with Gasteiger partial charge in [-0.1, -0.05) is 107 Å². The van der Waals surface area contributed by atoms with Crippen molar-refractivity contribution in [3.8, 4) is 0 Å². The van der Waals surface area contributed by atoms with Gasteiger partial charge in [-0.3, -0.25) is 9.69 Å². The third-order valence-corrected chi connectivity index (χ3v) is 6.93. The number of unbranched alkanes of at least 4 members (excludes halogenated alkanes) is 13. The van der Waals surface area contributed by atoms with E-state index in [4.69, 9.17) is 0 Å². The molecule has 0 amide bonds. The number of aliphatic hydroxyl groups is 1. The van der Waals surface area contributed by atoms with Crippen LogP contribution in [0.4, 0.5) is 0 Å². The van der Waals surface area contributed by atoms with E-state index in [0.29, 0.717) is 9.71 Å². The van der Waals surface area contributed by atoms with Crippen LogP contribution in [0.2, 0.25) is 0 Å². The van der Waals surface area contributed by atoms with E-state index in [1.807, 2.05) is 0 Å². The summed E-state index contributed by atoms with van der Waals surface area (Å²) in [5.41, 5.74) is 0. The van der Waals surface area contributed by atoms with Crippen molar-refractivity contribution in [3.05, 3.63) is 0 Å². The van der Waals surface area contributed by atoms with Gasteiger partial charge in [-0.15, -0.1) is 0 Å². The van der Waals surface area contributed by atoms with E-state index in [2.05, 4.69) is 34.4 Å². The first kappa shape index (κ1) is 26.4. The SMILES string of the molecule is CCCCCCCCCCCCCCCC(=O)CCCCN1CC(I)CC1O. The highest BCUT2D eigenvalue weighted by Crippen LogP contribution is 2.22. The Hall–Kier alpha value is 0.320. The maximum Gasteiger partial charge on any atom is 0.132 e. The van der Waals surface area contributed by atoms with Crippen molar-refractivity contribution < 1.29 is 9.90 Å². The Bertz CT molecular complexity index is 378. The van der Waals surface area contributed by atoms with E-state index in [9.17, 15) is 9.90 Å². The molecule has 4 heteroatoms. The summed E-state index contributed by atoms with van der Waals surface area (Å²) in [5.74, 6) is 0.441. The highest BCUT2D eigenvalue weighted by atomic mass is 127. The van der Waals surface area contributed by atoms with Crippen LogP contribution in [0.15, 0.2) is 0 Å². The smallest absolute Gasteiger partial charge is 0.132 e. The zero-order valence-corrected chi connectivity index (χ0v) is 20.6. The van der Waals surface area contributed by atoms with Crippen LogP contribution >= 0.6 is 22.6 Å². The number of hydrogen-bond acceptors (Lipinski definition) is 3. The number of carbonyl (C=O) groups excluding carboxylic acids is 1. The zero-order valence-electron chi connectivity index (χ0n) is 18.5. The van der Waals surface area contributed by atoms with E-state index in [1.165, 1.54) is 77.0 Å². The molecular weight excluding hydrogens is 461 g/mol. The molecule has 2 atom stereocenters. The minimum absolute atomic E-state index is 0.261. The summed E-state index contributed by atoms with van der Waals surface area (Å²) >= 11 is 2.42. The van der Waals surface area contributed by atoms with Crippen molar-refractivity contribution in [2.45, 2.75) is 133 Å². The van der Waals surface area contributed by atoms with Crippen LogP contribution in [0, 0.1) is 0 Å². The molecule has 28 heavy (non-hydrogen) atoms. The Morgan fingerprint density at radius 1 is 0.821 bits per heavy atom. The number of likely N-dealkylation sites (tertiary alicyclic amines) is 1. The summed E-state index contributed by atoms with van der Waals surface area (Å²) in [5, 5.41) is 9.91. The van der Waals surface area contributed by atoms with Gasteiger partial charge in [-0.25, -0.2) is 0 Å². The van der Waals surface area contributed by atoms with Gasteiger partial charge in [0.05, 0.1) is 0 Å². The second kappa shape index (κ2) is 18.1. The van der Waals surface area contributed by atoms with Gasteiger partial charge in [0.15, 0.2) is 0 Å². The molecular formula is C24H46INO2. The van der Waals surface area contributed by atoms with Gasteiger partial charge in [0, 0.05) is 29.9 Å². The van der Waals surface area contributed by atoms with Gasteiger partial charge >= 0.3 is 0 Å². The normalized spacial score (nSPS) is 20.1. The highest BCUT2D eigenvalue weighted by molar-refractivity contribution is 14.1. The quantitative estimate of drug-likeness (QED) is 0.116. The number of ketones is 1. The van der Waals surface area contributed by atoms with Gasteiger partial charge in [0.1, 0.15) is 12.0 Å². The zero-order chi connectivity index (χ0) is 20.5. The molecule has 0 aromatic heterocycles. The molecule has 2 unspecified atom stereocenters. The number of aliphatic hydroxyl groups excluding tert-OH is 1. The lowest BCUT2D eigenvalue weighted by Crippen LogP contribution is -2.30.